The molecule has 1 aromatic carbocycles. The van der Waals surface area contributed by atoms with Crippen LogP contribution in [0.4, 0.5) is 9.18 Å². The van der Waals surface area contributed by atoms with Gasteiger partial charge in [-0.15, -0.1) is 0 Å². The summed E-state index contributed by atoms with van der Waals surface area (Å²) in [6.45, 7) is 7.03. The highest BCUT2D eigenvalue weighted by molar-refractivity contribution is 14.1. The Bertz CT molecular complexity index is 832. The van der Waals surface area contributed by atoms with E-state index in [2.05, 4.69) is 27.7 Å². The minimum atomic E-state index is -0.534. The molecule has 0 N–H and O–H groups in total. The number of fused-ring (bicyclic) bond motifs is 1. The van der Waals surface area contributed by atoms with Gasteiger partial charge in [0.15, 0.2) is 0 Å². The molecule has 1 aliphatic heterocycles. The highest BCUT2D eigenvalue weighted by atomic mass is 127. The molecule has 0 radical (unpaired) electrons. The van der Waals surface area contributed by atoms with Crippen LogP contribution in [0.3, 0.4) is 0 Å². The molecule has 8 heteroatoms. The van der Waals surface area contributed by atoms with Crippen LogP contribution in [0.15, 0.2) is 18.2 Å². The van der Waals surface area contributed by atoms with E-state index in [4.69, 9.17) is 16.3 Å². The molecule has 0 saturated heterocycles. The van der Waals surface area contributed by atoms with Gasteiger partial charge in [-0.25, -0.2) is 9.18 Å². The average molecular weight is 478 g/mol. The summed E-state index contributed by atoms with van der Waals surface area (Å²) in [7, 11) is 0. The number of carbonyl (C=O) groups excluding carboxylic acids is 1. The molecular weight excluding hydrogens is 460 g/mol. The van der Waals surface area contributed by atoms with Crippen molar-refractivity contribution in [1.29, 1.82) is 0 Å². The van der Waals surface area contributed by atoms with E-state index in [-0.39, 0.29) is 11.1 Å². The number of nitrogens with zero attached hydrogens (tertiary/aromatic N) is 3. The lowest BCUT2D eigenvalue weighted by Gasteiger charge is -2.30. The van der Waals surface area contributed by atoms with Crippen molar-refractivity contribution >= 4 is 40.3 Å². The molecule has 2 aromatic rings. The van der Waals surface area contributed by atoms with Crippen LogP contribution in [-0.2, 0) is 17.8 Å². The number of carbonyl (C=O) groups is 1. The molecule has 1 amide bonds. The van der Waals surface area contributed by atoms with Crippen LogP contribution in [0.2, 0.25) is 5.02 Å². The van der Waals surface area contributed by atoms with E-state index in [1.165, 1.54) is 12.1 Å². The number of ether oxygens (including phenoxy) is 1. The van der Waals surface area contributed by atoms with E-state index >= 15 is 0 Å². The summed E-state index contributed by atoms with van der Waals surface area (Å²) in [6, 6.07) is 4.64. The minimum Gasteiger partial charge on any atom is -0.444 e. The molecule has 0 atom stereocenters. The Hall–Kier alpha value is -1.35. The van der Waals surface area contributed by atoms with E-state index in [9.17, 15) is 9.18 Å². The van der Waals surface area contributed by atoms with E-state index in [0.29, 0.717) is 30.9 Å². The second-order valence-corrected chi connectivity index (χ2v) is 8.35. The molecule has 1 aliphatic rings. The fraction of sp³-hybridized carbons (Fsp3) is 0.412. The van der Waals surface area contributed by atoms with Crippen LogP contribution >= 0.6 is 34.2 Å². The Morgan fingerprint density at radius 2 is 2.08 bits per heavy atom. The highest BCUT2D eigenvalue weighted by Gasteiger charge is 2.29. The van der Waals surface area contributed by atoms with Crippen LogP contribution in [-0.4, -0.2) is 32.9 Å². The first-order valence-electron chi connectivity index (χ1n) is 7.84. The van der Waals surface area contributed by atoms with Crippen LogP contribution in [0.5, 0.6) is 0 Å². The van der Waals surface area contributed by atoms with Crippen molar-refractivity contribution in [3.8, 4) is 11.3 Å². The van der Waals surface area contributed by atoms with E-state index in [1.54, 1.807) is 11.0 Å². The standard InChI is InChI=1S/C17H18ClFIN3O2/c1-17(2,3)25-16(24)22-6-7-23-13(9-22)14(20)15(21-23)10-4-5-11(18)12(19)8-10/h4-5,8H,6-7,9H2,1-3H3. The molecule has 25 heavy (non-hydrogen) atoms. The number of rotatable bonds is 1. The predicted molar refractivity (Wildman–Crippen MR) is 102 cm³/mol. The predicted octanol–water partition coefficient (Wildman–Crippen LogP) is 4.70. The molecule has 3 rings (SSSR count). The first kappa shape index (κ1) is 18.4. The van der Waals surface area contributed by atoms with Gasteiger partial charge in [-0.1, -0.05) is 17.7 Å². The number of benzene rings is 1. The number of amides is 1. The van der Waals surface area contributed by atoms with Gasteiger partial charge in [0.25, 0.3) is 0 Å². The smallest absolute Gasteiger partial charge is 0.410 e. The number of halogens is 3. The molecule has 2 heterocycles. The van der Waals surface area contributed by atoms with Gasteiger partial charge in [-0.3, -0.25) is 4.68 Å². The summed E-state index contributed by atoms with van der Waals surface area (Å²) in [6.07, 6.45) is -0.338. The molecule has 134 valence electrons. The first-order valence-corrected chi connectivity index (χ1v) is 9.30. The molecular formula is C17H18ClFIN3O2. The Morgan fingerprint density at radius 1 is 1.36 bits per heavy atom. The summed E-state index contributed by atoms with van der Waals surface area (Å²) < 4.78 is 22.0. The number of hydrogen-bond acceptors (Lipinski definition) is 3. The van der Waals surface area contributed by atoms with E-state index in [0.717, 1.165) is 9.26 Å². The lowest BCUT2D eigenvalue weighted by Crippen LogP contribution is -2.41. The summed E-state index contributed by atoms with van der Waals surface area (Å²) in [4.78, 5) is 14.0. The highest BCUT2D eigenvalue weighted by Crippen LogP contribution is 2.31. The molecule has 0 saturated carbocycles. The van der Waals surface area contributed by atoms with Gasteiger partial charge in [-0.2, -0.15) is 5.10 Å². The second-order valence-electron chi connectivity index (χ2n) is 6.86. The van der Waals surface area contributed by atoms with E-state index in [1.807, 2.05) is 25.5 Å². The maximum absolute atomic E-state index is 13.8. The molecule has 0 spiro atoms. The SMILES string of the molecule is CC(C)(C)OC(=O)N1CCn2nc(-c3ccc(Cl)c(F)c3)c(I)c2C1. The normalized spacial score (nSPS) is 14.4. The van der Waals surface area contributed by atoms with Crippen molar-refractivity contribution < 1.29 is 13.9 Å². The minimum absolute atomic E-state index is 0.0823. The van der Waals surface area contributed by atoms with Crippen LogP contribution in [0.25, 0.3) is 11.3 Å². The van der Waals surface area contributed by atoms with Gasteiger partial charge in [0.05, 0.1) is 27.4 Å². The van der Waals surface area contributed by atoms with Gasteiger partial charge in [0.2, 0.25) is 0 Å². The largest absolute Gasteiger partial charge is 0.444 e. The van der Waals surface area contributed by atoms with Crippen LogP contribution in [0.1, 0.15) is 26.5 Å². The second kappa shape index (κ2) is 6.75. The first-order chi connectivity index (χ1) is 11.7. The molecule has 0 aliphatic carbocycles. The Morgan fingerprint density at radius 3 is 2.72 bits per heavy atom. The van der Waals surface area contributed by atoms with Crippen molar-refractivity contribution in [1.82, 2.24) is 14.7 Å². The molecule has 0 bridgehead atoms. The van der Waals surface area contributed by atoms with Crippen molar-refractivity contribution in [3.63, 3.8) is 0 Å². The lowest BCUT2D eigenvalue weighted by molar-refractivity contribution is 0.0194. The number of hydrogen-bond donors (Lipinski definition) is 0. The van der Waals surface area contributed by atoms with Gasteiger partial charge in [-0.05, 0) is 55.5 Å². The fourth-order valence-corrected chi connectivity index (χ4v) is 3.58. The molecule has 0 unspecified atom stereocenters. The van der Waals surface area contributed by atoms with Gasteiger partial charge >= 0.3 is 6.09 Å². The van der Waals surface area contributed by atoms with Crippen LogP contribution in [0, 0.1) is 9.39 Å². The lowest BCUT2D eigenvalue weighted by atomic mass is 10.1. The zero-order valence-electron chi connectivity index (χ0n) is 14.1. The van der Waals surface area contributed by atoms with E-state index < -0.39 is 11.4 Å². The molecule has 1 aromatic heterocycles. The third kappa shape index (κ3) is 3.92. The Kier molecular flexibility index (Phi) is 4.98. The third-order valence-electron chi connectivity index (χ3n) is 3.76. The van der Waals surface area contributed by atoms with Gasteiger partial charge < -0.3 is 9.64 Å². The third-order valence-corrected chi connectivity index (χ3v) is 5.20. The maximum atomic E-state index is 13.8. The summed E-state index contributed by atoms with van der Waals surface area (Å²) in [5, 5.41) is 4.66. The molecule has 0 fully saturated rings. The van der Waals surface area contributed by atoms with Crippen molar-refractivity contribution in [3.05, 3.63) is 38.3 Å². The summed E-state index contributed by atoms with van der Waals surface area (Å²) >= 11 is 7.94. The topological polar surface area (TPSA) is 47.4 Å². The van der Waals surface area contributed by atoms with Gasteiger partial charge in [0, 0.05) is 12.1 Å². The van der Waals surface area contributed by atoms with Crippen molar-refractivity contribution in [2.24, 2.45) is 0 Å². The van der Waals surface area contributed by atoms with Gasteiger partial charge in [0.1, 0.15) is 17.1 Å². The quantitative estimate of drug-likeness (QED) is 0.560. The zero-order valence-corrected chi connectivity index (χ0v) is 17.1. The zero-order chi connectivity index (χ0) is 18.4. The Labute approximate surface area is 164 Å². The summed E-state index contributed by atoms with van der Waals surface area (Å²) in [5.74, 6) is -0.476. The van der Waals surface area contributed by atoms with Crippen LogP contribution < -0.4 is 0 Å². The van der Waals surface area contributed by atoms with Crippen molar-refractivity contribution in [2.75, 3.05) is 6.54 Å². The summed E-state index contributed by atoms with van der Waals surface area (Å²) in [5.41, 5.74) is 1.74. The average Bonchev–Trinajstić information content (AvgIpc) is 2.85. The molecule has 5 nitrogen and oxygen atoms in total. The number of aromatic nitrogens is 2. The van der Waals surface area contributed by atoms with Crippen molar-refractivity contribution in [2.45, 2.75) is 39.5 Å². The monoisotopic (exact) mass is 477 g/mol. The Balaban J connectivity index is 1.87. The fourth-order valence-electron chi connectivity index (χ4n) is 2.60. The maximum Gasteiger partial charge on any atom is 0.410 e.